The van der Waals surface area contributed by atoms with Crippen LogP contribution in [0.2, 0.25) is 0 Å². The van der Waals surface area contributed by atoms with Crippen molar-refractivity contribution in [2.45, 2.75) is 6.29 Å². The van der Waals surface area contributed by atoms with Crippen LogP contribution >= 0.6 is 0 Å². The monoisotopic (exact) mass is 574 g/mol. The number of carbonyl (C=O) groups is 1. The summed E-state index contributed by atoms with van der Waals surface area (Å²) in [5.41, 5.74) is 4.40. The summed E-state index contributed by atoms with van der Waals surface area (Å²) in [6, 6.07) is 31.4. The van der Waals surface area contributed by atoms with Crippen LogP contribution in [0.4, 0.5) is 11.5 Å². The molecular weight excluding hydrogens is 540 g/mol. The Labute approximate surface area is 250 Å². The molecule has 0 radical (unpaired) electrons. The number of hydrogen-bond acceptors (Lipinski definition) is 9. The van der Waals surface area contributed by atoms with Crippen molar-refractivity contribution in [3.63, 3.8) is 0 Å². The number of guanidine groups is 1. The Bertz CT molecular complexity index is 1570. The summed E-state index contributed by atoms with van der Waals surface area (Å²) in [4.78, 5) is 31.3. The Morgan fingerprint density at radius 3 is 2.16 bits per heavy atom. The van der Waals surface area contributed by atoms with Gasteiger partial charge in [0.2, 0.25) is 12.2 Å². The summed E-state index contributed by atoms with van der Waals surface area (Å²) in [6.45, 7) is 4.06. The van der Waals surface area contributed by atoms with Crippen LogP contribution in [-0.4, -0.2) is 83.2 Å². The molecule has 43 heavy (non-hydrogen) atoms. The highest BCUT2D eigenvalue weighted by Crippen LogP contribution is 2.21. The van der Waals surface area contributed by atoms with Gasteiger partial charge in [0.15, 0.2) is 0 Å². The molecule has 1 fully saturated rings. The number of rotatable bonds is 8. The maximum atomic E-state index is 12.7. The van der Waals surface area contributed by atoms with Crippen LogP contribution in [0.25, 0.3) is 11.1 Å². The van der Waals surface area contributed by atoms with Crippen LogP contribution in [0, 0.1) is 0 Å². The Kier molecular flexibility index (Phi) is 8.67. The van der Waals surface area contributed by atoms with Crippen molar-refractivity contribution in [1.82, 2.24) is 20.1 Å². The van der Waals surface area contributed by atoms with Crippen molar-refractivity contribution >= 4 is 29.2 Å². The average molecular weight is 575 g/mol. The zero-order valence-electron chi connectivity index (χ0n) is 23.7. The highest BCUT2D eigenvalue weighted by Gasteiger charge is 2.25. The number of nitrogens with one attached hydrogen (secondary N) is 3. The third-order valence-electron chi connectivity index (χ3n) is 7.41. The van der Waals surface area contributed by atoms with Gasteiger partial charge in [-0.1, -0.05) is 72.8 Å². The summed E-state index contributed by atoms with van der Waals surface area (Å²) in [7, 11) is 0. The van der Waals surface area contributed by atoms with Gasteiger partial charge in [0.05, 0.1) is 12.2 Å². The van der Waals surface area contributed by atoms with Gasteiger partial charge in [0.25, 0.3) is 5.91 Å². The first-order valence-corrected chi connectivity index (χ1v) is 14.4. The van der Waals surface area contributed by atoms with E-state index in [1.807, 2.05) is 48.5 Å². The molecule has 1 unspecified atom stereocenters. The minimum absolute atomic E-state index is 0.153. The van der Waals surface area contributed by atoms with E-state index in [9.17, 15) is 9.90 Å². The van der Waals surface area contributed by atoms with Gasteiger partial charge in [-0.25, -0.2) is 15.0 Å². The molecule has 3 aromatic carbocycles. The summed E-state index contributed by atoms with van der Waals surface area (Å²) < 4.78 is 0. The average Bonchev–Trinajstić information content (AvgIpc) is 3.06. The van der Waals surface area contributed by atoms with Crippen LogP contribution in [0.15, 0.2) is 113 Å². The zero-order valence-corrected chi connectivity index (χ0v) is 23.7. The number of amides is 1. The largest absolute Gasteiger partial charge is 0.395 e. The van der Waals surface area contributed by atoms with Crippen LogP contribution in [-0.2, 0) is 0 Å². The number of aromatic nitrogens is 1. The minimum Gasteiger partial charge on any atom is -0.395 e. The van der Waals surface area contributed by atoms with Crippen molar-refractivity contribution in [1.29, 1.82) is 0 Å². The van der Waals surface area contributed by atoms with Gasteiger partial charge in [-0.2, -0.15) is 0 Å². The molecule has 0 saturated carbocycles. The normalized spacial score (nSPS) is 17.0. The van der Waals surface area contributed by atoms with Gasteiger partial charge < -0.3 is 26.0 Å². The smallest absolute Gasteiger partial charge is 0.257 e. The van der Waals surface area contributed by atoms with Gasteiger partial charge in [0, 0.05) is 50.2 Å². The maximum Gasteiger partial charge on any atom is 0.257 e. The molecule has 1 atom stereocenters. The number of pyridine rings is 1. The van der Waals surface area contributed by atoms with Crippen LogP contribution in [0.1, 0.15) is 15.9 Å². The van der Waals surface area contributed by atoms with Crippen LogP contribution in [0.3, 0.4) is 0 Å². The Balaban J connectivity index is 1.20. The summed E-state index contributed by atoms with van der Waals surface area (Å²) >= 11 is 0. The molecule has 10 heteroatoms. The van der Waals surface area contributed by atoms with Gasteiger partial charge in [0.1, 0.15) is 11.7 Å². The SMILES string of the molecule is O=C(Nc1ccccc1)c1ccc(NC2N=C(c3ccc(-c4ccccc4)cc3)NC(N3CCN(CCO)CC3)=N2)nc1. The lowest BCUT2D eigenvalue weighted by molar-refractivity contribution is 0.102. The third kappa shape index (κ3) is 7.06. The molecule has 4 N–H and O–H groups in total. The quantitative estimate of drug-likeness (QED) is 0.254. The van der Waals surface area contributed by atoms with Crippen molar-refractivity contribution in [2.75, 3.05) is 50.0 Å². The number of aliphatic imine (C=N–C) groups is 2. The number of carbonyl (C=O) groups excluding carboxylic acids is 1. The second-order valence-corrected chi connectivity index (χ2v) is 10.3. The number of piperazine rings is 1. The summed E-state index contributed by atoms with van der Waals surface area (Å²) in [5, 5.41) is 19.0. The lowest BCUT2D eigenvalue weighted by Gasteiger charge is -2.37. The number of anilines is 2. The van der Waals surface area contributed by atoms with E-state index in [1.54, 1.807) is 18.3 Å². The maximum absolute atomic E-state index is 12.7. The summed E-state index contributed by atoms with van der Waals surface area (Å²) in [6.07, 6.45) is 0.923. The Hall–Kier alpha value is -5.06. The molecule has 0 aliphatic carbocycles. The summed E-state index contributed by atoms with van der Waals surface area (Å²) in [5.74, 6) is 1.77. The standard InChI is InChI=1S/C33H34N8O2/c42-22-21-40-17-19-41(20-18-40)33-38-30(26-13-11-25(12-14-26)24-7-3-1-4-8-24)37-32(39-33)36-29-16-15-27(23-34-29)31(43)35-28-9-5-2-6-10-28/h1-16,23,32,42H,17-22H2,(H,34,36)(H,35,43)(H,37,38,39). The number of amidine groups is 1. The molecule has 1 saturated heterocycles. The molecule has 4 aromatic rings. The molecule has 218 valence electrons. The van der Waals surface area contributed by atoms with Gasteiger partial charge in [-0.15, -0.1) is 0 Å². The van der Waals surface area contributed by atoms with Gasteiger partial charge in [-0.3, -0.25) is 9.69 Å². The lowest BCUT2D eigenvalue weighted by atomic mass is 10.0. The first kappa shape index (κ1) is 28.1. The molecule has 1 amide bonds. The molecule has 3 heterocycles. The molecule has 2 aliphatic heterocycles. The van der Waals surface area contributed by atoms with Gasteiger partial charge >= 0.3 is 0 Å². The number of para-hydroxylation sites is 1. The number of aliphatic hydroxyl groups excluding tert-OH is 1. The fraction of sp³-hybridized carbons (Fsp3) is 0.212. The molecule has 6 rings (SSSR count). The number of nitrogens with zero attached hydrogens (tertiary/aromatic N) is 5. The first-order chi connectivity index (χ1) is 21.1. The van der Waals surface area contributed by atoms with Crippen LogP contribution in [0.5, 0.6) is 0 Å². The highest BCUT2D eigenvalue weighted by molar-refractivity contribution is 6.10. The van der Waals surface area contributed by atoms with Crippen molar-refractivity contribution < 1.29 is 9.90 Å². The molecule has 1 aromatic heterocycles. The van der Waals surface area contributed by atoms with E-state index in [1.165, 1.54) is 0 Å². The number of aliphatic hydroxyl groups is 1. The van der Waals surface area contributed by atoms with E-state index in [0.717, 1.165) is 54.5 Å². The second kappa shape index (κ2) is 13.3. The Morgan fingerprint density at radius 2 is 1.49 bits per heavy atom. The van der Waals surface area contributed by atoms with Crippen LogP contribution < -0.4 is 16.0 Å². The van der Waals surface area contributed by atoms with E-state index in [0.29, 0.717) is 23.8 Å². The van der Waals surface area contributed by atoms with Gasteiger partial charge in [-0.05, 0) is 35.4 Å². The second-order valence-electron chi connectivity index (χ2n) is 10.3. The van der Waals surface area contributed by atoms with E-state index in [-0.39, 0.29) is 12.5 Å². The molecule has 10 nitrogen and oxygen atoms in total. The predicted molar refractivity (Wildman–Crippen MR) is 170 cm³/mol. The van der Waals surface area contributed by atoms with Crippen molar-refractivity contribution in [3.8, 4) is 11.1 Å². The van der Waals surface area contributed by atoms with E-state index in [2.05, 4.69) is 67.1 Å². The number of β-amino-alcohol motifs (C(OH)–C–C–N with tert-alkyl or cyclic N) is 1. The van der Waals surface area contributed by atoms with Crippen molar-refractivity contribution in [2.24, 2.45) is 9.98 Å². The first-order valence-electron chi connectivity index (χ1n) is 14.4. The van der Waals surface area contributed by atoms with E-state index < -0.39 is 6.29 Å². The number of benzene rings is 3. The van der Waals surface area contributed by atoms with E-state index in [4.69, 9.17) is 9.98 Å². The third-order valence-corrected chi connectivity index (χ3v) is 7.41. The van der Waals surface area contributed by atoms with Crippen molar-refractivity contribution in [3.05, 3.63) is 114 Å². The molecule has 0 bridgehead atoms. The molecule has 0 spiro atoms. The lowest BCUT2D eigenvalue weighted by Crippen LogP contribution is -2.55. The highest BCUT2D eigenvalue weighted by atomic mass is 16.3. The zero-order chi connectivity index (χ0) is 29.4. The Morgan fingerprint density at radius 1 is 0.814 bits per heavy atom. The molecular formula is C33H34N8O2. The topological polar surface area (TPSA) is 117 Å². The predicted octanol–water partition coefficient (Wildman–Crippen LogP) is 3.71. The minimum atomic E-state index is -0.619. The molecule has 2 aliphatic rings. The number of hydrogen-bond donors (Lipinski definition) is 4. The van der Waals surface area contributed by atoms with E-state index >= 15 is 0 Å². The fourth-order valence-electron chi connectivity index (χ4n) is 5.06. The fourth-order valence-corrected chi connectivity index (χ4v) is 5.06.